The largest absolute Gasteiger partial charge is 0.733 e. The van der Waals surface area contributed by atoms with Gasteiger partial charge in [0.05, 0.1) is 23.9 Å². The minimum absolute atomic E-state index is 0.170. The minimum atomic E-state index is -0.170. The first-order chi connectivity index (χ1) is 10.2. The number of benzene rings is 1. The third-order valence-corrected chi connectivity index (χ3v) is 2.83. The van der Waals surface area contributed by atoms with Gasteiger partial charge in [0.15, 0.2) is 0 Å². The molecule has 0 aliphatic carbocycles. The summed E-state index contributed by atoms with van der Waals surface area (Å²) < 4.78 is 0. The van der Waals surface area contributed by atoms with E-state index in [0.29, 0.717) is 18.2 Å². The Kier molecular flexibility index (Phi) is 5.04. The molecule has 1 heterocycles. The van der Waals surface area contributed by atoms with Gasteiger partial charge in [0.1, 0.15) is 0 Å². The van der Waals surface area contributed by atoms with Crippen molar-refractivity contribution in [3.63, 3.8) is 0 Å². The predicted octanol–water partition coefficient (Wildman–Crippen LogP) is 1.89. The summed E-state index contributed by atoms with van der Waals surface area (Å²) >= 11 is 0. The van der Waals surface area contributed by atoms with Crippen LogP contribution >= 0.6 is 0 Å². The zero-order valence-electron chi connectivity index (χ0n) is 11.2. The number of hydrogen-bond donors (Lipinski definition) is 2. The second-order valence-electron chi connectivity index (χ2n) is 4.32. The normalized spacial score (nSPS) is 9.95. The lowest BCUT2D eigenvalue weighted by Gasteiger charge is -2.21. The SMILES string of the molecule is N#CCc1ccnc(NCCc2ccc(N([O-])O)cc2)n1. The second kappa shape index (κ2) is 7.19. The molecule has 2 aromatic rings. The molecule has 0 spiro atoms. The summed E-state index contributed by atoms with van der Waals surface area (Å²) in [4.78, 5) is 8.28. The van der Waals surface area contributed by atoms with Crippen LogP contribution in [0.25, 0.3) is 0 Å². The standard InChI is InChI=1S/C14H14N5O2/c15-8-5-12-7-10-17-14(18-12)16-9-6-11-1-3-13(4-2-11)19(20)21/h1-4,7,10,20H,5-6,9H2,(H,16,17,18)/q-1. The van der Waals surface area contributed by atoms with Crippen molar-refractivity contribution >= 4 is 11.6 Å². The van der Waals surface area contributed by atoms with Gasteiger partial charge in [-0.1, -0.05) is 12.1 Å². The van der Waals surface area contributed by atoms with Gasteiger partial charge in [-0.25, -0.2) is 9.97 Å². The molecule has 2 N–H and O–H groups in total. The Bertz CT molecular complexity index is 622. The monoisotopic (exact) mass is 284 g/mol. The van der Waals surface area contributed by atoms with Gasteiger partial charge in [0.25, 0.3) is 0 Å². The molecule has 0 amide bonds. The van der Waals surface area contributed by atoms with Crippen LogP contribution in [0.3, 0.4) is 0 Å². The fourth-order valence-electron chi connectivity index (χ4n) is 1.77. The highest BCUT2D eigenvalue weighted by molar-refractivity contribution is 5.45. The fourth-order valence-corrected chi connectivity index (χ4v) is 1.77. The first-order valence-corrected chi connectivity index (χ1v) is 6.37. The van der Waals surface area contributed by atoms with Gasteiger partial charge in [-0.05, 0) is 30.2 Å². The number of aromatic nitrogens is 2. The van der Waals surface area contributed by atoms with Crippen molar-refractivity contribution in [1.29, 1.82) is 5.26 Å². The van der Waals surface area contributed by atoms with E-state index >= 15 is 0 Å². The summed E-state index contributed by atoms with van der Waals surface area (Å²) in [6.07, 6.45) is 2.59. The highest BCUT2D eigenvalue weighted by Gasteiger charge is 1.99. The number of nitrogens with one attached hydrogen (secondary N) is 1. The van der Waals surface area contributed by atoms with Gasteiger partial charge in [0, 0.05) is 12.7 Å². The third-order valence-electron chi connectivity index (χ3n) is 2.83. The van der Waals surface area contributed by atoms with E-state index in [2.05, 4.69) is 15.3 Å². The maximum atomic E-state index is 10.7. The van der Waals surface area contributed by atoms with Crippen molar-refractivity contribution in [3.05, 3.63) is 53.0 Å². The molecule has 0 unspecified atom stereocenters. The van der Waals surface area contributed by atoms with Gasteiger partial charge in [-0.15, -0.1) is 0 Å². The van der Waals surface area contributed by atoms with Crippen LogP contribution in [0.1, 0.15) is 11.3 Å². The molecule has 0 fully saturated rings. The molecule has 7 heteroatoms. The van der Waals surface area contributed by atoms with E-state index in [-0.39, 0.29) is 17.3 Å². The summed E-state index contributed by atoms with van der Waals surface area (Å²) in [6, 6.07) is 10.4. The predicted molar refractivity (Wildman–Crippen MR) is 77.6 cm³/mol. The molecule has 1 aromatic heterocycles. The summed E-state index contributed by atoms with van der Waals surface area (Å²) in [5, 5.41) is 30.9. The molecule has 21 heavy (non-hydrogen) atoms. The molecule has 0 bridgehead atoms. The second-order valence-corrected chi connectivity index (χ2v) is 4.32. The van der Waals surface area contributed by atoms with Gasteiger partial charge >= 0.3 is 0 Å². The summed E-state index contributed by atoms with van der Waals surface area (Å²) in [5.74, 6) is 0.487. The molecule has 2 rings (SSSR count). The Hall–Kier alpha value is -2.69. The van der Waals surface area contributed by atoms with Crippen molar-refractivity contribution in [2.75, 3.05) is 17.1 Å². The van der Waals surface area contributed by atoms with Crippen molar-refractivity contribution in [3.8, 4) is 6.07 Å². The number of nitrogens with zero attached hydrogens (tertiary/aromatic N) is 4. The lowest BCUT2D eigenvalue weighted by molar-refractivity contribution is 0.296. The topological polar surface area (TPSA) is 108 Å². The van der Waals surface area contributed by atoms with Gasteiger partial charge < -0.3 is 15.8 Å². The van der Waals surface area contributed by atoms with E-state index in [1.54, 1.807) is 36.5 Å². The number of hydrogen-bond acceptors (Lipinski definition) is 7. The van der Waals surface area contributed by atoms with E-state index in [1.807, 2.05) is 6.07 Å². The zero-order valence-corrected chi connectivity index (χ0v) is 11.2. The van der Waals surface area contributed by atoms with Crippen LogP contribution in [0.2, 0.25) is 0 Å². The van der Waals surface area contributed by atoms with Crippen LogP contribution in [0.15, 0.2) is 36.5 Å². The van der Waals surface area contributed by atoms with Crippen molar-refractivity contribution in [2.24, 2.45) is 0 Å². The van der Waals surface area contributed by atoms with Crippen LogP contribution in [0, 0.1) is 16.5 Å². The lowest BCUT2D eigenvalue weighted by atomic mass is 10.1. The maximum Gasteiger partial charge on any atom is 0.222 e. The summed E-state index contributed by atoms with van der Waals surface area (Å²) in [5.41, 5.74) is 1.89. The number of nitriles is 1. The third kappa shape index (κ3) is 4.42. The quantitative estimate of drug-likeness (QED) is 0.779. The minimum Gasteiger partial charge on any atom is -0.733 e. The van der Waals surface area contributed by atoms with Crippen LogP contribution in [-0.4, -0.2) is 21.7 Å². The Morgan fingerprint density at radius 2 is 2.05 bits per heavy atom. The van der Waals surface area contributed by atoms with Crippen LogP contribution in [0.4, 0.5) is 11.6 Å². The molecule has 1 aromatic carbocycles. The highest BCUT2D eigenvalue weighted by Crippen LogP contribution is 2.13. The first-order valence-electron chi connectivity index (χ1n) is 6.37. The summed E-state index contributed by atoms with van der Waals surface area (Å²) in [7, 11) is 0. The Balaban J connectivity index is 1.86. The van der Waals surface area contributed by atoms with E-state index < -0.39 is 0 Å². The lowest BCUT2D eigenvalue weighted by Crippen LogP contribution is -2.09. The summed E-state index contributed by atoms with van der Waals surface area (Å²) in [6.45, 7) is 0.621. The molecule has 0 atom stereocenters. The highest BCUT2D eigenvalue weighted by atomic mass is 16.8. The molecule has 0 radical (unpaired) electrons. The van der Waals surface area contributed by atoms with E-state index in [9.17, 15) is 5.21 Å². The van der Waals surface area contributed by atoms with Crippen LogP contribution in [-0.2, 0) is 12.8 Å². The van der Waals surface area contributed by atoms with E-state index in [4.69, 9.17) is 10.5 Å². The van der Waals surface area contributed by atoms with Crippen molar-refractivity contribution in [2.45, 2.75) is 12.8 Å². The van der Waals surface area contributed by atoms with Crippen molar-refractivity contribution in [1.82, 2.24) is 9.97 Å². The molecular weight excluding hydrogens is 270 g/mol. The van der Waals surface area contributed by atoms with E-state index in [1.165, 1.54) is 0 Å². The maximum absolute atomic E-state index is 10.7. The van der Waals surface area contributed by atoms with Crippen LogP contribution in [0.5, 0.6) is 0 Å². The molecule has 108 valence electrons. The molecule has 0 aliphatic rings. The molecule has 7 nitrogen and oxygen atoms in total. The molecule has 0 saturated heterocycles. The molecule has 0 saturated carbocycles. The smallest absolute Gasteiger partial charge is 0.222 e. The molecule has 0 aliphatic heterocycles. The number of rotatable bonds is 6. The van der Waals surface area contributed by atoms with Gasteiger partial charge in [-0.2, -0.15) is 5.26 Å². The first kappa shape index (κ1) is 14.7. The molecular formula is C14H14N5O2-. The fraction of sp³-hybridized carbons (Fsp3) is 0.214. The van der Waals surface area contributed by atoms with Crippen LogP contribution < -0.4 is 10.5 Å². The van der Waals surface area contributed by atoms with Crippen molar-refractivity contribution < 1.29 is 5.21 Å². The average molecular weight is 284 g/mol. The zero-order chi connectivity index (χ0) is 15.1. The van der Waals surface area contributed by atoms with Gasteiger partial charge in [0.2, 0.25) is 5.95 Å². The average Bonchev–Trinajstić information content (AvgIpc) is 2.48. The Labute approximate surface area is 122 Å². The van der Waals surface area contributed by atoms with Gasteiger partial charge in [-0.3, -0.25) is 5.21 Å². The number of anilines is 2. The Morgan fingerprint density at radius 1 is 1.29 bits per heavy atom. The van der Waals surface area contributed by atoms with E-state index in [0.717, 1.165) is 12.0 Å². The Morgan fingerprint density at radius 3 is 2.71 bits per heavy atom.